The van der Waals surface area contributed by atoms with Crippen LogP contribution in [0.25, 0.3) is 0 Å². The van der Waals surface area contributed by atoms with E-state index in [1.165, 1.54) is 6.20 Å². The summed E-state index contributed by atoms with van der Waals surface area (Å²) in [6, 6.07) is 7.68. The summed E-state index contributed by atoms with van der Waals surface area (Å²) in [6.45, 7) is 2.50. The maximum Gasteiger partial charge on any atom is 0.274 e. The third-order valence-electron chi connectivity index (χ3n) is 4.88. The Hall–Kier alpha value is -3.22. The molecule has 3 heterocycles. The predicted octanol–water partition coefficient (Wildman–Crippen LogP) is 3.35. The molecule has 1 aliphatic heterocycles. The maximum absolute atomic E-state index is 12.9. The molecule has 0 spiro atoms. The Balaban J connectivity index is 1.50. The molecule has 1 aromatic carbocycles. The Bertz CT molecular complexity index is 968. The number of hydrogen-bond acceptors (Lipinski definition) is 6. The van der Waals surface area contributed by atoms with Gasteiger partial charge in [-0.15, -0.1) is 0 Å². The Kier molecular flexibility index (Phi) is 5.06. The van der Waals surface area contributed by atoms with Gasteiger partial charge in [-0.2, -0.15) is 0 Å². The van der Waals surface area contributed by atoms with Crippen molar-refractivity contribution < 1.29 is 13.9 Å². The van der Waals surface area contributed by atoms with Crippen molar-refractivity contribution in [3.63, 3.8) is 0 Å². The number of benzene rings is 1. The summed E-state index contributed by atoms with van der Waals surface area (Å²) in [6.07, 6.45) is 7.22. The number of rotatable bonds is 5. The van der Waals surface area contributed by atoms with Crippen LogP contribution in [0.2, 0.25) is 0 Å². The first-order valence-electron chi connectivity index (χ1n) is 9.31. The molecule has 0 aliphatic carbocycles. The zero-order chi connectivity index (χ0) is 19.5. The molecule has 4 rings (SSSR count). The molecule has 3 aromatic rings. The number of nitrogens with zero attached hydrogens (tertiary/aromatic N) is 4. The highest BCUT2D eigenvalue weighted by Crippen LogP contribution is 2.33. The fourth-order valence-electron chi connectivity index (χ4n) is 3.46. The number of likely N-dealkylation sites (tertiary alicyclic amines) is 1. The highest BCUT2D eigenvalue weighted by molar-refractivity contribution is 5.92. The Morgan fingerprint density at radius 2 is 2.14 bits per heavy atom. The molecule has 7 heteroatoms. The summed E-state index contributed by atoms with van der Waals surface area (Å²) >= 11 is 0. The molecule has 1 atom stereocenters. The molecule has 0 bridgehead atoms. The minimum absolute atomic E-state index is 0.137. The summed E-state index contributed by atoms with van der Waals surface area (Å²) < 4.78 is 11.3. The van der Waals surface area contributed by atoms with Gasteiger partial charge in [0.1, 0.15) is 23.2 Å². The smallest absolute Gasteiger partial charge is 0.274 e. The second-order valence-corrected chi connectivity index (χ2v) is 6.89. The summed E-state index contributed by atoms with van der Waals surface area (Å²) in [4.78, 5) is 27.5. The van der Waals surface area contributed by atoms with Crippen molar-refractivity contribution >= 4 is 5.91 Å². The lowest BCUT2D eigenvalue weighted by Gasteiger charge is -2.21. The van der Waals surface area contributed by atoms with Gasteiger partial charge in [0.25, 0.3) is 5.91 Å². The van der Waals surface area contributed by atoms with Crippen LogP contribution in [0.15, 0.2) is 47.3 Å². The van der Waals surface area contributed by atoms with E-state index in [1.807, 2.05) is 31.2 Å². The second kappa shape index (κ2) is 7.80. The van der Waals surface area contributed by atoms with Gasteiger partial charge < -0.3 is 14.1 Å². The topological polar surface area (TPSA) is 81.4 Å². The Morgan fingerprint density at radius 1 is 1.25 bits per heavy atom. The minimum atomic E-state index is -0.172. The molecule has 1 amide bonds. The van der Waals surface area contributed by atoms with Crippen molar-refractivity contribution in [2.45, 2.75) is 32.2 Å². The van der Waals surface area contributed by atoms with Crippen LogP contribution in [-0.2, 0) is 6.42 Å². The largest absolute Gasteiger partial charge is 0.497 e. The van der Waals surface area contributed by atoms with E-state index in [0.29, 0.717) is 24.6 Å². The van der Waals surface area contributed by atoms with Gasteiger partial charge in [0.05, 0.1) is 25.2 Å². The molecule has 7 nitrogen and oxygen atoms in total. The molecule has 1 aliphatic rings. The highest BCUT2D eigenvalue weighted by Gasteiger charge is 2.34. The lowest BCUT2D eigenvalue weighted by molar-refractivity contribution is 0.0708. The zero-order valence-corrected chi connectivity index (χ0v) is 16.0. The molecule has 144 valence electrons. The van der Waals surface area contributed by atoms with Gasteiger partial charge in [-0.05, 0) is 37.5 Å². The number of methoxy groups -OCH3 is 1. The lowest BCUT2D eigenvalue weighted by Crippen LogP contribution is -2.31. The van der Waals surface area contributed by atoms with Crippen LogP contribution in [0.3, 0.4) is 0 Å². The normalized spacial score (nSPS) is 16.4. The summed E-state index contributed by atoms with van der Waals surface area (Å²) in [5.74, 6) is 2.01. The SMILES string of the molecule is COc1cccc(Cc2cnc([C@@H]3CCCN3C(=O)c3cnc(C)cn3)o2)c1. The molecule has 0 saturated carbocycles. The Morgan fingerprint density at radius 3 is 2.93 bits per heavy atom. The number of ether oxygens (including phenoxy) is 1. The number of carbonyl (C=O) groups excluding carboxylic acids is 1. The Labute approximate surface area is 163 Å². The number of amides is 1. The van der Waals surface area contributed by atoms with Crippen molar-refractivity contribution in [1.29, 1.82) is 0 Å². The van der Waals surface area contributed by atoms with Gasteiger partial charge >= 0.3 is 0 Å². The van der Waals surface area contributed by atoms with E-state index in [2.05, 4.69) is 15.0 Å². The van der Waals surface area contributed by atoms with Gasteiger partial charge in [0, 0.05) is 19.2 Å². The first-order chi connectivity index (χ1) is 13.6. The van der Waals surface area contributed by atoms with Crippen LogP contribution in [0.1, 0.15) is 52.3 Å². The first-order valence-corrected chi connectivity index (χ1v) is 9.31. The van der Waals surface area contributed by atoms with E-state index in [4.69, 9.17) is 9.15 Å². The van der Waals surface area contributed by atoms with E-state index in [9.17, 15) is 4.79 Å². The van der Waals surface area contributed by atoms with E-state index < -0.39 is 0 Å². The van der Waals surface area contributed by atoms with Gasteiger partial charge in [0.2, 0.25) is 5.89 Å². The average molecular weight is 378 g/mol. The van der Waals surface area contributed by atoms with Crippen molar-refractivity contribution in [2.24, 2.45) is 0 Å². The van der Waals surface area contributed by atoms with Gasteiger partial charge in [-0.25, -0.2) is 9.97 Å². The fourth-order valence-corrected chi connectivity index (χ4v) is 3.46. The summed E-state index contributed by atoms with van der Waals surface area (Å²) in [7, 11) is 1.65. The first kappa shape index (κ1) is 18.2. The van der Waals surface area contributed by atoms with Crippen molar-refractivity contribution in [1.82, 2.24) is 19.9 Å². The third-order valence-corrected chi connectivity index (χ3v) is 4.88. The molecule has 1 fully saturated rings. The predicted molar refractivity (Wildman–Crippen MR) is 102 cm³/mol. The number of oxazole rings is 1. The average Bonchev–Trinajstić information content (AvgIpc) is 3.37. The van der Waals surface area contributed by atoms with Crippen LogP contribution in [0.5, 0.6) is 5.75 Å². The monoisotopic (exact) mass is 378 g/mol. The fraction of sp³-hybridized carbons (Fsp3) is 0.333. The minimum Gasteiger partial charge on any atom is -0.497 e. The highest BCUT2D eigenvalue weighted by atomic mass is 16.5. The summed E-state index contributed by atoms with van der Waals surface area (Å²) in [5.41, 5.74) is 2.21. The molecule has 1 saturated heterocycles. The van der Waals surface area contributed by atoms with E-state index in [0.717, 1.165) is 35.6 Å². The standard InChI is InChI=1S/C21H22N4O3/c1-14-11-23-18(13-22-14)21(26)25-8-4-7-19(25)20-24-12-17(28-20)10-15-5-3-6-16(9-15)27-2/h3,5-6,9,11-13,19H,4,7-8,10H2,1-2H3/t19-/m0/s1. The second-order valence-electron chi connectivity index (χ2n) is 6.89. The van der Waals surface area contributed by atoms with Gasteiger partial charge in [-0.1, -0.05) is 12.1 Å². The molecular formula is C21H22N4O3. The molecule has 0 unspecified atom stereocenters. The molecule has 0 radical (unpaired) electrons. The zero-order valence-electron chi connectivity index (χ0n) is 16.0. The van der Waals surface area contributed by atoms with Gasteiger partial charge in [0.15, 0.2) is 0 Å². The number of aryl methyl sites for hydroxylation is 1. The lowest BCUT2D eigenvalue weighted by atomic mass is 10.1. The molecule has 2 aromatic heterocycles. The van der Waals surface area contributed by atoms with E-state index in [-0.39, 0.29) is 11.9 Å². The third kappa shape index (κ3) is 3.74. The summed E-state index contributed by atoms with van der Waals surface area (Å²) in [5, 5.41) is 0. The van der Waals surface area contributed by atoms with Crippen LogP contribution in [0, 0.1) is 6.92 Å². The maximum atomic E-state index is 12.9. The van der Waals surface area contributed by atoms with E-state index in [1.54, 1.807) is 24.4 Å². The quantitative estimate of drug-likeness (QED) is 0.677. The van der Waals surface area contributed by atoms with Crippen LogP contribution in [0.4, 0.5) is 0 Å². The van der Waals surface area contributed by atoms with Crippen molar-refractivity contribution in [2.75, 3.05) is 13.7 Å². The number of hydrogen-bond donors (Lipinski definition) is 0. The van der Waals surface area contributed by atoms with Crippen LogP contribution in [-0.4, -0.2) is 39.4 Å². The molecule has 0 N–H and O–H groups in total. The van der Waals surface area contributed by atoms with E-state index >= 15 is 0 Å². The number of aromatic nitrogens is 3. The van der Waals surface area contributed by atoms with Gasteiger partial charge in [-0.3, -0.25) is 9.78 Å². The molecular weight excluding hydrogens is 356 g/mol. The van der Waals surface area contributed by atoms with Crippen LogP contribution >= 0.6 is 0 Å². The molecule has 28 heavy (non-hydrogen) atoms. The van der Waals surface area contributed by atoms with Crippen molar-refractivity contribution in [3.05, 3.63) is 71.5 Å². The van der Waals surface area contributed by atoms with Crippen molar-refractivity contribution in [3.8, 4) is 5.75 Å². The van der Waals surface area contributed by atoms with Crippen LogP contribution < -0.4 is 4.74 Å². The number of carbonyl (C=O) groups is 1.